The fourth-order valence-corrected chi connectivity index (χ4v) is 4.69. The second-order valence-electron chi connectivity index (χ2n) is 5.79. The van der Waals surface area contributed by atoms with Crippen molar-refractivity contribution in [2.45, 2.75) is 11.0 Å². The van der Waals surface area contributed by atoms with Crippen LogP contribution in [0.15, 0.2) is 16.9 Å². The zero-order chi connectivity index (χ0) is 17.4. The monoisotopic (exact) mass is 394 g/mol. The van der Waals surface area contributed by atoms with Crippen molar-refractivity contribution in [3.63, 3.8) is 0 Å². The first-order valence-electron chi connectivity index (χ1n) is 7.87. The van der Waals surface area contributed by atoms with Crippen LogP contribution in [-0.4, -0.2) is 66.9 Å². The Kier molecular flexibility index (Phi) is 4.71. The van der Waals surface area contributed by atoms with Gasteiger partial charge >= 0.3 is 0 Å². The van der Waals surface area contributed by atoms with E-state index in [1.165, 1.54) is 0 Å². The summed E-state index contributed by atoms with van der Waals surface area (Å²) in [5, 5.41) is 9.85. The predicted octanol–water partition coefficient (Wildman–Crippen LogP) is 1.85. The van der Waals surface area contributed by atoms with E-state index in [0.717, 1.165) is 58.0 Å². The summed E-state index contributed by atoms with van der Waals surface area (Å²) < 4.78 is 5.55. The number of nitrogens with zero attached hydrogens (tertiary/aromatic N) is 8. The number of aryl methyl sites for hydroxylation is 1. The van der Waals surface area contributed by atoms with Crippen LogP contribution in [0.4, 0.5) is 5.82 Å². The predicted molar refractivity (Wildman–Crippen MR) is 103 cm³/mol. The Bertz CT molecular complexity index is 937. The number of aromatic nitrogens is 6. The van der Waals surface area contributed by atoms with Crippen LogP contribution in [0.2, 0.25) is 0 Å². The maximum Gasteiger partial charge on any atom is 0.181 e. The smallest absolute Gasteiger partial charge is 0.181 e. The van der Waals surface area contributed by atoms with Gasteiger partial charge in [0.2, 0.25) is 0 Å². The average Bonchev–Trinajstić information content (AvgIpc) is 3.19. The van der Waals surface area contributed by atoms with E-state index in [4.69, 9.17) is 12.2 Å². The van der Waals surface area contributed by atoms with E-state index in [1.807, 2.05) is 24.2 Å². The normalized spacial score (nSPS) is 16.0. The van der Waals surface area contributed by atoms with Gasteiger partial charge in [0.25, 0.3) is 0 Å². The molecule has 0 saturated carbocycles. The highest BCUT2D eigenvalue weighted by Gasteiger charge is 2.21. The summed E-state index contributed by atoms with van der Waals surface area (Å²) in [7, 11) is 1.90. The molecule has 0 N–H and O–H groups in total. The van der Waals surface area contributed by atoms with Crippen LogP contribution in [0.3, 0.4) is 0 Å². The zero-order valence-electron chi connectivity index (χ0n) is 14.0. The Morgan fingerprint density at radius 3 is 2.76 bits per heavy atom. The van der Waals surface area contributed by atoms with Crippen LogP contribution in [0.25, 0.3) is 11.0 Å². The van der Waals surface area contributed by atoms with Crippen molar-refractivity contribution in [2.24, 2.45) is 7.05 Å². The van der Waals surface area contributed by atoms with Crippen LogP contribution < -0.4 is 4.90 Å². The summed E-state index contributed by atoms with van der Waals surface area (Å²) in [5.74, 6) is 0.965. The lowest BCUT2D eigenvalue weighted by molar-refractivity contribution is 0.193. The Morgan fingerprint density at radius 2 is 2.04 bits per heavy atom. The fourth-order valence-electron chi connectivity index (χ4n) is 2.95. The summed E-state index contributed by atoms with van der Waals surface area (Å²) in [6, 6.07) is 0. The van der Waals surface area contributed by atoms with Crippen molar-refractivity contribution in [3.05, 3.63) is 16.5 Å². The van der Waals surface area contributed by atoms with Crippen molar-refractivity contribution in [1.29, 1.82) is 0 Å². The summed E-state index contributed by atoms with van der Waals surface area (Å²) >= 11 is 8.61. The second kappa shape index (κ2) is 6.98. The molecule has 0 atom stereocenters. The third kappa shape index (κ3) is 3.28. The van der Waals surface area contributed by atoms with Crippen molar-refractivity contribution in [2.75, 3.05) is 37.3 Å². The SMILES string of the molecule is CSc1nn(CN2CCN(c3ncnc4c3cnn4C)CC2)c(=S)s1. The first-order valence-corrected chi connectivity index (χ1v) is 10.3. The minimum Gasteiger partial charge on any atom is -0.353 e. The molecule has 11 heteroatoms. The van der Waals surface area contributed by atoms with Crippen molar-refractivity contribution >= 4 is 52.2 Å². The van der Waals surface area contributed by atoms with Gasteiger partial charge in [-0.25, -0.2) is 14.6 Å². The molecule has 3 aromatic rings. The highest BCUT2D eigenvalue weighted by Crippen LogP contribution is 2.24. The first-order chi connectivity index (χ1) is 12.2. The van der Waals surface area contributed by atoms with Crippen LogP contribution in [0.5, 0.6) is 0 Å². The van der Waals surface area contributed by atoms with Gasteiger partial charge in [-0.15, -0.1) is 0 Å². The number of thioether (sulfide) groups is 1. The third-order valence-corrected chi connectivity index (χ3v) is 6.56. The Labute approximate surface area is 158 Å². The minimum atomic E-state index is 0.746. The number of rotatable bonds is 4. The molecule has 0 bridgehead atoms. The minimum absolute atomic E-state index is 0.746. The van der Waals surface area contributed by atoms with E-state index in [-0.39, 0.29) is 0 Å². The second-order valence-corrected chi connectivity index (χ2v) is 8.46. The lowest BCUT2D eigenvalue weighted by Crippen LogP contribution is -2.47. The van der Waals surface area contributed by atoms with Gasteiger partial charge in [-0.2, -0.15) is 10.2 Å². The van der Waals surface area contributed by atoms with E-state index in [1.54, 1.807) is 34.1 Å². The Morgan fingerprint density at radius 1 is 1.24 bits per heavy atom. The maximum absolute atomic E-state index is 5.40. The maximum atomic E-state index is 5.40. The van der Waals surface area contributed by atoms with Gasteiger partial charge in [-0.3, -0.25) is 9.58 Å². The topological polar surface area (TPSA) is 67.9 Å². The molecule has 1 fully saturated rings. The fraction of sp³-hybridized carbons (Fsp3) is 0.500. The van der Waals surface area contributed by atoms with Crippen LogP contribution >= 0.6 is 35.3 Å². The molecular weight excluding hydrogens is 376 g/mol. The molecule has 0 amide bonds. The first kappa shape index (κ1) is 16.9. The van der Waals surface area contributed by atoms with E-state index in [9.17, 15) is 0 Å². The molecule has 4 heterocycles. The quantitative estimate of drug-likeness (QED) is 0.491. The van der Waals surface area contributed by atoms with Crippen LogP contribution in [-0.2, 0) is 13.7 Å². The van der Waals surface area contributed by atoms with Crippen molar-refractivity contribution in [3.8, 4) is 0 Å². The van der Waals surface area contributed by atoms with Gasteiger partial charge in [0.05, 0.1) is 18.3 Å². The molecule has 1 saturated heterocycles. The molecule has 1 aliphatic rings. The highest BCUT2D eigenvalue weighted by atomic mass is 32.2. The molecule has 4 rings (SSSR count). The number of hydrogen-bond donors (Lipinski definition) is 0. The molecular formula is C14H18N8S3. The number of piperazine rings is 1. The largest absolute Gasteiger partial charge is 0.353 e. The molecule has 132 valence electrons. The van der Waals surface area contributed by atoms with E-state index >= 15 is 0 Å². The lowest BCUT2D eigenvalue weighted by Gasteiger charge is -2.35. The van der Waals surface area contributed by atoms with E-state index < -0.39 is 0 Å². The number of anilines is 1. The van der Waals surface area contributed by atoms with Gasteiger partial charge in [-0.05, 0) is 18.5 Å². The molecule has 8 nitrogen and oxygen atoms in total. The van der Waals surface area contributed by atoms with Crippen LogP contribution in [0, 0.1) is 3.95 Å². The average molecular weight is 395 g/mol. The van der Waals surface area contributed by atoms with Gasteiger partial charge in [0, 0.05) is 33.2 Å². The molecule has 0 radical (unpaired) electrons. The molecule has 25 heavy (non-hydrogen) atoms. The van der Waals surface area contributed by atoms with Gasteiger partial charge in [-0.1, -0.05) is 23.1 Å². The molecule has 0 unspecified atom stereocenters. The summed E-state index contributed by atoms with van der Waals surface area (Å²) in [6.45, 7) is 4.46. The Balaban J connectivity index is 1.46. The summed E-state index contributed by atoms with van der Waals surface area (Å²) in [4.78, 5) is 13.5. The molecule has 0 spiro atoms. The summed E-state index contributed by atoms with van der Waals surface area (Å²) in [5.41, 5.74) is 0.866. The lowest BCUT2D eigenvalue weighted by atomic mass is 10.3. The molecule has 3 aromatic heterocycles. The summed E-state index contributed by atoms with van der Waals surface area (Å²) in [6.07, 6.45) is 5.48. The van der Waals surface area contributed by atoms with Gasteiger partial charge < -0.3 is 4.90 Å². The zero-order valence-corrected chi connectivity index (χ0v) is 16.4. The van der Waals surface area contributed by atoms with E-state index in [0.29, 0.717) is 0 Å². The van der Waals surface area contributed by atoms with E-state index in [2.05, 4.69) is 30.0 Å². The number of fused-ring (bicyclic) bond motifs is 1. The highest BCUT2D eigenvalue weighted by molar-refractivity contribution is 8.00. The van der Waals surface area contributed by atoms with Gasteiger partial charge in [0.1, 0.15) is 12.1 Å². The Hall–Kier alpha value is -1.56. The van der Waals surface area contributed by atoms with Crippen LogP contribution in [0.1, 0.15) is 0 Å². The van der Waals surface area contributed by atoms with Crippen molar-refractivity contribution < 1.29 is 0 Å². The van der Waals surface area contributed by atoms with Crippen molar-refractivity contribution in [1.82, 2.24) is 34.4 Å². The third-order valence-electron chi connectivity index (χ3n) is 4.28. The number of hydrogen-bond acceptors (Lipinski definition) is 9. The van der Waals surface area contributed by atoms with Gasteiger partial charge in [0.15, 0.2) is 13.9 Å². The molecule has 0 aromatic carbocycles. The molecule has 1 aliphatic heterocycles. The molecule has 0 aliphatic carbocycles. The standard InChI is InChI=1S/C14H18N8S3/c1-19-11-10(7-17-19)12(16-8-15-11)21-5-3-20(4-6-21)9-22-14(23)25-13(18-22)24-2/h7-8H,3-6,9H2,1-2H3.